The topological polar surface area (TPSA) is 89.6 Å². The van der Waals surface area contributed by atoms with Crippen molar-refractivity contribution < 1.29 is 40.3 Å². The lowest BCUT2D eigenvalue weighted by Gasteiger charge is -2.21. The highest BCUT2D eigenvalue weighted by molar-refractivity contribution is 6.03. The van der Waals surface area contributed by atoms with Crippen LogP contribution >= 0.6 is 0 Å². The molecule has 0 aliphatic rings. The summed E-state index contributed by atoms with van der Waals surface area (Å²) in [6.45, 7) is 1.33. The molecule has 174 valence electrons. The van der Waals surface area contributed by atoms with Crippen LogP contribution in [0.2, 0.25) is 0 Å². The van der Waals surface area contributed by atoms with Crippen LogP contribution in [0.5, 0.6) is 0 Å². The molecule has 1 atom stereocenters. The Morgan fingerprint density at radius 1 is 1.25 bits per heavy atom. The Kier molecular flexibility index (Phi) is 7.65. The predicted molar refractivity (Wildman–Crippen MR) is 100 cm³/mol. The van der Waals surface area contributed by atoms with Crippen LogP contribution in [0.4, 0.5) is 36.4 Å². The van der Waals surface area contributed by atoms with E-state index in [9.17, 15) is 35.5 Å². The maximum atomic E-state index is 14.1. The first-order valence-corrected chi connectivity index (χ1v) is 8.83. The lowest BCUT2D eigenvalue weighted by Crippen LogP contribution is -2.38. The number of aryl methyl sites for hydroxylation is 1. The standard InChI is InChI=1S/C19H17F7N4O2/c1-8-3-10(16(22)23)7-29-15(8)17(31)30-11-4-9(14(21)12(20)6-11)5-13(19(24,25)26)32-18(27)28-2/h3-4,6-7,13,16H,5H2,1-2H3,(H2,27,28)(H,30,31)/t13-/m0/s1. The first-order chi connectivity index (χ1) is 14.8. The molecule has 1 amide bonds. The van der Waals surface area contributed by atoms with Gasteiger partial charge in [0.1, 0.15) is 5.69 Å². The minimum Gasteiger partial charge on any atom is -0.452 e. The number of nitrogens with two attached hydrogens (primary N) is 1. The first-order valence-electron chi connectivity index (χ1n) is 8.83. The highest BCUT2D eigenvalue weighted by atomic mass is 19.4. The first kappa shape index (κ1) is 24.9. The van der Waals surface area contributed by atoms with Gasteiger partial charge in [-0.3, -0.25) is 9.78 Å². The summed E-state index contributed by atoms with van der Waals surface area (Å²) in [6, 6.07) is 1.53. The number of alkyl halides is 5. The van der Waals surface area contributed by atoms with E-state index in [0.29, 0.717) is 6.07 Å². The Labute approximate surface area is 177 Å². The molecule has 0 radical (unpaired) electrons. The SMILES string of the molecule is C/N=C(/N)O[C@@H](Cc1cc(NC(=O)c2ncc(C(F)F)cc2C)cc(F)c1F)C(F)(F)F. The molecule has 32 heavy (non-hydrogen) atoms. The van der Waals surface area contributed by atoms with E-state index in [-0.39, 0.29) is 16.9 Å². The molecule has 2 aromatic rings. The summed E-state index contributed by atoms with van der Waals surface area (Å²) in [5.74, 6) is -4.08. The van der Waals surface area contributed by atoms with Crippen LogP contribution in [0.3, 0.4) is 0 Å². The van der Waals surface area contributed by atoms with Crippen molar-refractivity contribution in [3.8, 4) is 0 Å². The van der Waals surface area contributed by atoms with Gasteiger partial charge >= 0.3 is 6.18 Å². The van der Waals surface area contributed by atoms with Gasteiger partial charge in [0.2, 0.25) is 6.10 Å². The van der Waals surface area contributed by atoms with Gasteiger partial charge in [0.15, 0.2) is 11.6 Å². The Bertz CT molecular complexity index is 1030. The van der Waals surface area contributed by atoms with Gasteiger partial charge in [0, 0.05) is 37.0 Å². The molecule has 2 rings (SSSR count). The zero-order valence-electron chi connectivity index (χ0n) is 16.6. The molecule has 1 aromatic heterocycles. The van der Waals surface area contributed by atoms with Crippen molar-refractivity contribution in [2.45, 2.75) is 32.1 Å². The number of amides is 1. The number of carbonyl (C=O) groups is 1. The van der Waals surface area contributed by atoms with Crippen LogP contribution < -0.4 is 11.1 Å². The minimum atomic E-state index is -5.00. The lowest BCUT2D eigenvalue weighted by molar-refractivity contribution is -0.198. The normalized spacial score (nSPS) is 13.2. The number of nitrogens with one attached hydrogen (secondary N) is 1. The van der Waals surface area contributed by atoms with Crippen LogP contribution in [0.15, 0.2) is 29.4 Å². The monoisotopic (exact) mass is 466 g/mol. The summed E-state index contributed by atoms with van der Waals surface area (Å²) in [6.07, 6.45) is -10.9. The average molecular weight is 466 g/mol. The third kappa shape index (κ3) is 6.08. The van der Waals surface area contributed by atoms with Crippen molar-refractivity contribution >= 4 is 17.6 Å². The molecule has 6 nitrogen and oxygen atoms in total. The summed E-state index contributed by atoms with van der Waals surface area (Å²) in [4.78, 5) is 19.2. The number of rotatable bonds is 6. The van der Waals surface area contributed by atoms with Crippen LogP contribution in [-0.4, -0.2) is 36.2 Å². The smallest absolute Gasteiger partial charge is 0.425 e. The molecule has 0 aliphatic carbocycles. The molecule has 0 fully saturated rings. The maximum absolute atomic E-state index is 14.1. The van der Waals surface area contributed by atoms with E-state index >= 15 is 0 Å². The van der Waals surface area contributed by atoms with Crippen LogP contribution in [0.25, 0.3) is 0 Å². The second-order valence-electron chi connectivity index (χ2n) is 6.53. The van der Waals surface area contributed by atoms with Gasteiger partial charge in [0.25, 0.3) is 18.4 Å². The molecule has 0 aliphatic heterocycles. The summed E-state index contributed by atoms with van der Waals surface area (Å²) in [7, 11) is 1.07. The van der Waals surface area contributed by atoms with Gasteiger partial charge in [-0.15, -0.1) is 0 Å². The van der Waals surface area contributed by atoms with E-state index in [1.54, 1.807) is 0 Å². The Hall–Kier alpha value is -3.38. The molecule has 13 heteroatoms. The number of halogens is 7. The number of nitrogens with zero attached hydrogens (tertiary/aromatic N) is 2. The van der Waals surface area contributed by atoms with Crippen molar-refractivity contribution in [1.29, 1.82) is 0 Å². The summed E-state index contributed by atoms with van der Waals surface area (Å²) < 4.78 is 97.7. The summed E-state index contributed by atoms with van der Waals surface area (Å²) >= 11 is 0. The number of pyridine rings is 1. The quantitative estimate of drug-likeness (QED) is 0.378. The number of anilines is 1. The molecule has 1 aromatic carbocycles. The van der Waals surface area contributed by atoms with Gasteiger partial charge in [-0.05, 0) is 30.2 Å². The van der Waals surface area contributed by atoms with Crippen LogP contribution in [0.1, 0.15) is 33.6 Å². The summed E-state index contributed by atoms with van der Waals surface area (Å²) in [5, 5.41) is 2.15. The Morgan fingerprint density at radius 2 is 1.91 bits per heavy atom. The number of aromatic nitrogens is 1. The fourth-order valence-electron chi connectivity index (χ4n) is 2.63. The molecular formula is C19H17F7N4O2. The van der Waals surface area contributed by atoms with Crippen molar-refractivity contribution in [3.63, 3.8) is 0 Å². The van der Waals surface area contributed by atoms with Crippen LogP contribution in [-0.2, 0) is 11.2 Å². The number of ether oxygens (including phenoxy) is 1. The highest BCUT2D eigenvalue weighted by Gasteiger charge is 2.43. The predicted octanol–water partition coefficient (Wildman–Crippen LogP) is 4.29. The van der Waals surface area contributed by atoms with Crippen molar-refractivity contribution in [3.05, 3.63) is 58.4 Å². The maximum Gasteiger partial charge on any atom is 0.425 e. The number of hydrogen-bond acceptors (Lipinski definition) is 4. The molecule has 0 spiro atoms. The Morgan fingerprint density at radius 3 is 2.44 bits per heavy atom. The van der Waals surface area contributed by atoms with E-state index in [1.807, 2.05) is 0 Å². The van der Waals surface area contributed by atoms with E-state index in [2.05, 4.69) is 20.0 Å². The number of aliphatic imine (C=N–C) groups is 1. The van der Waals surface area contributed by atoms with E-state index in [0.717, 1.165) is 25.4 Å². The number of carbonyl (C=O) groups excluding carboxylic acids is 1. The number of amidine groups is 1. The fourth-order valence-corrected chi connectivity index (χ4v) is 2.63. The molecule has 3 N–H and O–H groups in total. The fraction of sp³-hybridized carbons (Fsp3) is 0.316. The third-order valence-electron chi connectivity index (χ3n) is 4.18. The average Bonchev–Trinajstić information content (AvgIpc) is 2.69. The molecule has 1 heterocycles. The van der Waals surface area contributed by atoms with Crippen molar-refractivity contribution in [1.82, 2.24) is 4.98 Å². The van der Waals surface area contributed by atoms with Crippen molar-refractivity contribution in [2.24, 2.45) is 10.7 Å². The Balaban J connectivity index is 2.32. The highest BCUT2D eigenvalue weighted by Crippen LogP contribution is 2.29. The second-order valence-corrected chi connectivity index (χ2v) is 6.53. The van der Waals surface area contributed by atoms with Gasteiger partial charge in [0.05, 0.1) is 0 Å². The van der Waals surface area contributed by atoms with Gasteiger partial charge in [-0.1, -0.05) is 0 Å². The van der Waals surface area contributed by atoms with Gasteiger partial charge in [-0.2, -0.15) is 13.2 Å². The van der Waals surface area contributed by atoms with E-state index in [1.165, 1.54) is 6.92 Å². The zero-order valence-corrected chi connectivity index (χ0v) is 16.6. The third-order valence-corrected chi connectivity index (χ3v) is 4.18. The van der Waals surface area contributed by atoms with Gasteiger partial charge < -0.3 is 15.8 Å². The number of hydrogen-bond donors (Lipinski definition) is 2. The molecule has 0 saturated heterocycles. The van der Waals surface area contributed by atoms with E-state index < -0.39 is 59.8 Å². The summed E-state index contributed by atoms with van der Waals surface area (Å²) in [5.41, 5.74) is 3.35. The minimum absolute atomic E-state index is 0.0722. The van der Waals surface area contributed by atoms with Crippen molar-refractivity contribution in [2.75, 3.05) is 12.4 Å². The number of benzene rings is 1. The molecular weight excluding hydrogens is 449 g/mol. The van der Waals surface area contributed by atoms with Crippen LogP contribution in [0, 0.1) is 18.6 Å². The lowest BCUT2D eigenvalue weighted by atomic mass is 10.0. The largest absolute Gasteiger partial charge is 0.452 e. The zero-order chi connectivity index (χ0) is 24.2. The van der Waals surface area contributed by atoms with E-state index in [4.69, 9.17) is 5.73 Å². The second kappa shape index (κ2) is 9.83. The molecule has 0 saturated carbocycles. The molecule has 0 bridgehead atoms. The van der Waals surface area contributed by atoms with Gasteiger partial charge in [-0.25, -0.2) is 22.6 Å². The molecule has 0 unspecified atom stereocenters.